The highest BCUT2D eigenvalue weighted by Gasteiger charge is 2.16. The topological polar surface area (TPSA) is 74.1 Å². The van der Waals surface area contributed by atoms with Crippen LogP contribution >= 0.6 is 0 Å². The van der Waals surface area contributed by atoms with Crippen LogP contribution in [0, 0.1) is 6.92 Å². The second-order valence-electron chi connectivity index (χ2n) is 3.95. The van der Waals surface area contributed by atoms with Gasteiger partial charge in [-0.15, -0.1) is 5.10 Å². The van der Waals surface area contributed by atoms with Crippen molar-refractivity contribution in [2.45, 2.75) is 46.8 Å². The predicted molar refractivity (Wildman–Crippen MR) is 60.6 cm³/mol. The van der Waals surface area contributed by atoms with E-state index in [1.807, 2.05) is 13.8 Å². The number of aromatic nitrogens is 3. The number of carbonyl (C=O) groups is 2. The van der Waals surface area contributed by atoms with Gasteiger partial charge in [0.2, 0.25) is 0 Å². The normalized spacial score (nSPS) is 12.2. The Morgan fingerprint density at radius 1 is 1.47 bits per heavy atom. The molecule has 0 radical (unpaired) electrons. The van der Waals surface area contributed by atoms with E-state index in [4.69, 9.17) is 4.74 Å². The van der Waals surface area contributed by atoms with Gasteiger partial charge < -0.3 is 4.74 Å². The molecule has 1 heterocycles. The molecule has 0 aromatic carbocycles. The molecule has 17 heavy (non-hydrogen) atoms. The number of carbonyl (C=O) groups excluding carboxylic acids is 2. The number of esters is 1. The van der Waals surface area contributed by atoms with E-state index in [-0.39, 0.29) is 24.4 Å². The Morgan fingerprint density at radius 2 is 2.12 bits per heavy atom. The van der Waals surface area contributed by atoms with Gasteiger partial charge in [0.25, 0.3) is 0 Å². The van der Waals surface area contributed by atoms with Crippen molar-refractivity contribution in [3.8, 4) is 0 Å². The number of rotatable bonds is 5. The number of hydrogen-bond acceptors (Lipinski definition) is 5. The van der Waals surface area contributed by atoms with Crippen molar-refractivity contribution in [1.29, 1.82) is 0 Å². The summed E-state index contributed by atoms with van der Waals surface area (Å²) in [6.45, 7) is 6.86. The second kappa shape index (κ2) is 5.56. The van der Waals surface area contributed by atoms with Crippen LogP contribution in [-0.2, 0) is 16.1 Å². The largest absolute Gasteiger partial charge is 0.461 e. The minimum atomic E-state index is -0.373. The number of Topliss-reactive ketones (excluding diaryl/α,β-unsaturated/α-hetero) is 1. The molecule has 94 valence electrons. The molecular formula is C11H17N3O3. The van der Waals surface area contributed by atoms with E-state index in [0.717, 1.165) is 6.42 Å². The Hall–Kier alpha value is -1.72. The lowest BCUT2D eigenvalue weighted by Gasteiger charge is -2.10. The third-order valence-electron chi connectivity index (χ3n) is 2.50. The molecule has 6 heteroatoms. The summed E-state index contributed by atoms with van der Waals surface area (Å²) in [6.07, 6.45) is 0.652. The summed E-state index contributed by atoms with van der Waals surface area (Å²) < 4.78 is 6.49. The van der Waals surface area contributed by atoms with Crippen molar-refractivity contribution in [3.05, 3.63) is 11.4 Å². The summed E-state index contributed by atoms with van der Waals surface area (Å²) in [6, 6.07) is 0. The van der Waals surface area contributed by atoms with Gasteiger partial charge in [-0.1, -0.05) is 12.1 Å². The van der Waals surface area contributed by atoms with Gasteiger partial charge in [-0.3, -0.25) is 9.59 Å². The summed E-state index contributed by atoms with van der Waals surface area (Å²) in [7, 11) is 0. The van der Waals surface area contributed by atoms with Crippen LogP contribution < -0.4 is 0 Å². The molecule has 0 saturated heterocycles. The smallest absolute Gasteiger partial charge is 0.328 e. The van der Waals surface area contributed by atoms with Crippen molar-refractivity contribution < 1.29 is 14.3 Å². The highest BCUT2D eigenvalue weighted by molar-refractivity contribution is 5.93. The van der Waals surface area contributed by atoms with E-state index < -0.39 is 0 Å². The monoisotopic (exact) mass is 239 g/mol. The number of nitrogens with zero attached hydrogens (tertiary/aromatic N) is 3. The van der Waals surface area contributed by atoms with Gasteiger partial charge in [-0.25, -0.2) is 4.68 Å². The molecule has 6 nitrogen and oxygen atoms in total. The summed E-state index contributed by atoms with van der Waals surface area (Å²) in [5.74, 6) is -0.536. The summed E-state index contributed by atoms with van der Waals surface area (Å²) in [4.78, 5) is 22.7. The van der Waals surface area contributed by atoms with Gasteiger partial charge in [0, 0.05) is 6.92 Å². The molecule has 1 aromatic rings. The molecule has 1 atom stereocenters. The Kier molecular flexibility index (Phi) is 4.37. The third-order valence-corrected chi connectivity index (χ3v) is 2.50. The van der Waals surface area contributed by atoms with Crippen molar-refractivity contribution in [2.24, 2.45) is 0 Å². The molecule has 0 spiro atoms. The standard InChI is InChI=1S/C11H17N3O3/c1-5-7(2)17-10(16)6-14-8(3)11(9(4)15)12-13-14/h7H,5-6H2,1-4H3. The van der Waals surface area contributed by atoms with Gasteiger partial charge in [0.1, 0.15) is 6.54 Å². The molecular weight excluding hydrogens is 222 g/mol. The zero-order chi connectivity index (χ0) is 13.0. The Balaban J connectivity index is 2.69. The molecule has 1 aromatic heterocycles. The first-order valence-corrected chi connectivity index (χ1v) is 5.56. The van der Waals surface area contributed by atoms with Crippen molar-refractivity contribution in [1.82, 2.24) is 15.0 Å². The molecule has 0 amide bonds. The number of ketones is 1. The first-order valence-electron chi connectivity index (χ1n) is 5.56. The fourth-order valence-corrected chi connectivity index (χ4v) is 1.30. The van der Waals surface area contributed by atoms with E-state index in [1.54, 1.807) is 6.92 Å². The van der Waals surface area contributed by atoms with Crippen LogP contribution in [0.3, 0.4) is 0 Å². The molecule has 0 aliphatic heterocycles. The lowest BCUT2D eigenvalue weighted by atomic mass is 10.2. The molecule has 0 fully saturated rings. The van der Waals surface area contributed by atoms with Crippen LogP contribution in [0.5, 0.6) is 0 Å². The minimum Gasteiger partial charge on any atom is -0.461 e. The van der Waals surface area contributed by atoms with Gasteiger partial charge in [-0.05, 0) is 20.3 Å². The third kappa shape index (κ3) is 3.37. The van der Waals surface area contributed by atoms with Crippen LogP contribution in [0.15, 0.2) is 0 Å². The summed E-state index contributed by atoms with van der Waals surface area (Å²) in [5.41, 5.74) is 0.875. The zero-order valence-corrected chi connectivity index (χ0v) is 10.6. The maximum Gasteiger partial charge on any atom is 0.328 e. The number of ether oxygens (including phenoxy) is 1. The number of hydrogen-bond donors (Lipinski definition) is 0. The average Bonchev–Trinajstić information content (AvgIpc) is 2.60. The predicted octanol–water partition coefficient (Wildman–Crippen LogP) is 1.13. The Morgan fingerprint density at radius 3 is 2.59 bits per heavy atom. The summed E-state index contributed by atoms with van der Waals surface area (Å²) in [5, 5.41) is 7.48. The fourth-order valence-electron chi connectivity index (χ4n) is 1.30. The fraction of sp³-hybridized carbons (Fsp3) is 0.636. The molecule has 0 saturated carbocycles. The van der Waals surface area contributed by atoms with Crippen molar-refractivity contribution >= 4 is 11.8 Å². The van der Waals surface area contributed by atoms with Gasteiger partial charge in [-0.2, -0.15) is 0 Å². The van der Waals surface area contributed by atoms with E-state index in [2.05, 4.69) is 10.3 Å². The Labute approximate surface area is 99.9 Å². The van der Waals surface area contributed by atoms with E-state index >= 15 is 0 Å². The maximum absolute atomic E-state index is 11.5. The lowest BCUT2D eigenvalue weighted by Crippen LogP contribution is -2.20. The molecule has 0 bridgehead atoms. The average molecular weight is 239 g/mol. The molecule has 0 aliphatic carbocycles. The van der Waals surface area contributed by atoms with Crippen LogP contribution in [0.1, 0.15) is 43.4 Å². The van der Waals surface area contributed by atoms with Crippen LogP contribution in [0.2, 0.25) is 0 Å². The molecule has 1 unspecified atom stereocenters. The van der Waals surface area contributed by atoms with Crippen LogP contribution in [0.4, 0.5) is 0 Å². The second-order valence-corrected chi connectivity index (χ2v) is 3.95. The minimum absolute atomic E-state index is 0.0174. The van der Waals surface area contributed by atoms with Gasteiger partial charge >= 0.3 is 5.97 Å². The quantitative estimate of drug-likeness (QED) is 0.568. The van der Waals surface area contributed by atoms with Crippen LogP contribution in [0.25, 0.3) is 0 Å². The van der Waals surface area contributed by atoms with Crippen molar-refractivity contribution in [3.63, 3.8) is 0 Å². The van der Waals surface area contributed by atoms with E-state index in [0.29, 0.717) is 11.4 Å². The molecule has 0 aliphatic rings. The zero-order valence-electron chi connectivity index (χ0n) is 10.6. The molecule has 1 rings (SSSR count). The first kappa shape index (κ1) is 13.3. The molecule has 0 N–H and O–H groups in total. The highest BCUT2D eigenvalue weighted by Crippen LogP contribution is 2.05. The maximum atomic E-state index is 11.5. The van der Waals surface area contributed by atoms with Gasteiger partial charge in [0.05, 0.1) is 11.8 Å². The summed E-state index contributed by atoms with van der Waals surface area (Å²) >= 11 is 0. The van der Waals surface area contributed by atoms with Crippen molar-refractivity contribution in [2.75, 3.05) is 0 Å². The SMILES string of the molecule is CCC(C)OC(=O)Cn1nnc(C(C)=O)c1C. The van der Waals surface area contributed by atoms with E-state index in [1.165, 1.54) is 11.6 Å². The highest BCUT2D eigenvalue weighted by atomic mass is 16.5. The lowest BCUT2D eigenvalue weighted by molar-refractivity contribution is -0.149. The van der Waals surface area contributed by atoms with E-state index in [9.17, 15) is 9.59 Å². The first-order chi connectivity index (χ1) is 7.95. The van der Waals surface area contributed by atoms with Crippen LogP contribution in [-0.4, -0.2) is 32.9 Å². The Bertz CT molecular complexity index is 426. The van der Waals surface area contributed by atoms with Gasteiger partial charge in [0.15, 0.2) is 11.5 Å².